The van der Waals surface area contributed by atoms with Gasteiger partial charge in [0.15, 0.2) is 0 Å². The number of H-pyrrole nitrogens is 1. The van der Waals surface area contributed by atoms with Gasteiger partial charge in [0.2, 0.25) is 11.8 Å². The molecular formula is C12H11N3O3S. The molecule has 1 unspecified atom stereocenters. The van der Waals surface area contributed by atoms with E-state index in [1.54, 1.807) is 29.2 Å². The summed E-state index contributed by atoms with van der Waals surface area (Å²) in [6.07, 6.45) is -0.410. The minimum atomic E-state index is -0.587. The minimum Gasteiger partial charge on any atom is -0.409 e. The van der Waals surface area contributed by atoms with Crippen LogP contribution in [0, 0.1) is 4.84 Å². The Bertz CT molecular complexity index is 661. The van der Waals surface area contributed by atoms with E-state index in [1.807, 2.05) is 0 Å². The number of rotatable bonds is 2. The SMILES string of the molecule is O=C1CC(O)CN1c1ccc(-c2n[nH]c(=S)o2)cc1. The van der Waals surface area contributed by atoms with E-state index in [9.17, 15) is 9.90 Å². The predicted molar refractivity (Wildman–Crippen MR) is 70.1 cm³/mol. The molecule has 1 atom stereocenters. The molecule has 1 aromatic heterocycles. The second-order valence-electron chi connectivity index (χ2n) is 4.33. The van der Waals surface area contributed by atoms with Crippen molar-refractivity contribution in [1.29, 1.82) is 0 Å². The zero-order chi connectivity index (χ0) is 13.4. The summed E-state index contributed by atoms with van der Waals surface area (Å²) >= 11 is 4.81. The molecule has 7 heteroatoms. The number of benzene rings is 1. The molecule has 1 aliphatic rings. The van der Waals surface area contributed by atoms with Gasteiger partial charge in [0.25, 0.3) is 4.84 Å². The van der Waals surface area contributed by atoms with Crippen molar-refractivity contribution in [3.8, 4) is 11.5 Å². The van der Waals surface area contributed by atoms with Crippen LogP contribution in [0.5, 0.6) is 0 Å². The molecule has 3 rings (SSSR count). The largest absolute Gasteiger partial charge is 0.409 e. The highest BCUT2D eigenvalue weighted by atomic mass is 32.1. The third kappa shape index (κ3) is 2.29. The summed E-state index contributed by atoms with van der Waals surface area (Å²) < 4.78 is 5.20. The van der Waals surface area contributed by atoms with Crippen LogP contribution in [0.15, 0.2) is 28.7 Å². The first-order chi connectivity index (χ1) is 9.13. The lowest BCUT2D eigenvalue weighted by molar-refractivity contribution is -0.117. The molecule has 6 nitrogen and oxygen atoms in total. The zero-order valence-electron chi connectivity index (χ0n) is 9.87. The number of aliphatic hydroxyl groups excluding tert-OH is 1. The van der Waals surface area contributed by atoms with E-state index in [0.29, 0.717) is 12.4 Å². The fourth-order valence-electron chi connectivity index (χ4n) is 2.08. The third-order valence-corrected chi connectivity index (χ3v) is 3.14. The van der Waals surface area contributed by atoms with E-state index in [4.69, 9.17) is 16.6 Å². The lowest BCUT2D eigenvalue weighted by atomic mass is 10.2. The van der Waals surface area contributed by atoms with Crippen molar-refractivity contribution in [2.45, 2.75) is 12.5 Å². The standard InChI is InChI=1S/C12H11N3O3S/c16-9-5-10(17)15(6-9)8-3-1-7(2-4-8)11-13-14-12(19)18-11/h1-4,9,16H,5-6H2,(H,14,19). The molecule has 1 aliphatic heterocycles. The molecule has 1 aromatic carbocycles. The first kappa shape index (κ1) is 12.1. The Hall–Kier alpha value is -1.99. The maximum absolute atomic E-state index is 11.7. The van der Waals surface area contributed by atoms with Crippen LogP contribution in [-0.2, 0) is 4.79 Å². The van der Waals surface area contributed by atoms with Gasteiger partial charge in [0.05, 0.1) is 19.1 Å². The van der Waals surface area contributed by atoms with Gasteiger partial charge in [-0.2, -0.15) is 0 Å². The van der Waals surface area contributed by atoms with Gasteiger partial charge < -0.3 is 14.4 Å². The summed E-state index contributed by atoms with van der Waals surface area (Å²) in [5.74, 6) is 0.335. The molecule has 0 saturated carbocycles. The van der Waals surface area contributed by atoms with Gasteiger partial charge in [0.1, 0.15) is 0 Å². The molecule has 2 aromatic rings. The average molecular weight is 277 g/mol. The van der Waals surface area contributed by atoms with E-state index in [2.05, 4.69) is 10.2 Å². The number of carbonyl (C=O) groups is 1. The molecule has 2 N–H and O–H groups in total. The third-order valence-electron chi connectivity index (χ3n) is 2.97. The van der Waals surface area contributed by atoms with E-state index in [-0.39, 0.29) is 17.2 Å². The van der Waals surface area contributed by atoms with Crippen LogP contribution >= 0.6 is 12.2 Å². The van der Waals surface area contributed by atoms with E-state index < -0.39 is 6.10 Å². The second-order valence-corrected chi connectivity index (χ2v) is 4.70. The molecule has 19 heavy (non-hydrogen) atoms. The van der Waals surface area contributed by atoms with Gasteiger partial charge in [-0.15, -0.1) is 5.10 Å². The number of amides is 1. The topological polar surface area (TPSA) is 82.4 Å². The first-order valence-electron chi connectivity index (χ1n) is 5.78. The van der Waals surface area contributed by atoms with Crippen molar-refractivity contribution in [3.63, 3.8) is 0 Å². The molecule has 1 amide bonds. The number of carbonyl (C=O) groups excluding carboxylic acids is 1. The number of anilines is 1. The second kappa shape index (κ2) is 4.60. The van der Waals surface area contributed by atoms with Crippen LogP contribution in [0.4, 0.5) is 5.69 Å². The maximum atomic E-state index is 11.7. The van der Waals surface area contributed by atoms with Gasteiger partial charge in [0, 0.05) is 11.3 Å². The summed E-state index contributed by atoms with van der Waals surface area (Å²) in [4.78, 5) is 13.4. The number of aromatic amines is 1. The van der Waals surface area contributed by atoms with Gasteiger partial charge >= 0.3 is 0 Å². The maximum Gasteiger partial charge on any atom is 0.284 e. The number of aliphatic hydroxyl groups is 1. The van der Waals surface area contributed by atoms with Crippen LogP contribution in [0.25, 0.3) is 11.5 Å². The number of nitrogens with one attached hydrogen (secondary N) is 1. The van der Waals surface area contributed by atoms with Crippen molar-refractivity contribution >= 4 is 23.8 Å². The summed E-state index contributed by atoms with van der Waals surface area (Å²) in [5, 5.41) is 15.9. The molecule has 1 saturated heterocycles. The highest BCUT2D eigenvalue weighted by Crippen LogP contribution is 2.25. The first-order valence-corrected chi connectivity index (χ1v) is 6.19. The van der Waals surface area contributed by atoms with Crippen LogP contribution in [0.3, 0.4) is 0 Å². The number of aromatic nitrogens is 2. The molecule has 0 radical (unpaired) electrons. The summed E-state index contributed by atoms with van der Waals surface area (Å²) in [6.45, 7) is 0.335. The van der Waals surface area contributed by atoms with Crippen molar-refractivity contribution in [3.05, 3.63) is 29.1 Å². The number of nitrogens with zero attached hydrogens (tertiary/aromatic N) is 2. The lowest BCUT2D eigenvalue weighted by Crippen LogP contribution is -2.25. The Morgan fingerprint density at radius 2 is 2.16 bits per heavy atom. The molecular weight excluding hydrogens is 266 g/mol. The van der Waals surface area contributed by atoms with Gasteiger partial charge in [-0.05, 0) is 36.5 Å². The highest BCUT2D eigenvalue weighted by Gasteiger charge is 2.28. The van der Waals surface area contributed by atoms with Crippen molar-refractivity contribution < 1.29 is 14.3 Å². The van der Waals surface area contributed by atoms with E-state index in [1.165, 1.54) is 0 Å². The predicted octanol–water partition coefficient (Wildman–Crippen LogP) is 1.50. The lowest BCUT2D eigenvalue weighted by Gasteiger charge is -2.15. The Kier molecular flexibility index (Phi) is 2.92. The Morgan fingerprint density at radius 1 is 1.42 bits per heavy atom. The molecule has 0 spiro atoms. The molecule has 2 heterocycles. The normalized spacial score (nSPS) is 19.1. The quantitative estimate of drug-likeness (QED) is 0.813. The molecule has 0 bridgehead atoms. The minimum absolute atomic E-state index is 0.0717. The molecule has 0 aliphatic carbocycles. The smallest absolute Gasteiger partial charge is 0.284 e. The van der Waals surface area contributed by atoms with Crippen molar-refractivity contribution in [1.82, 2.24) is 10.2 Å². The van der Waals surface area contributed by atoms with Crippen LogP contribution in [0.2, 0.25) is 0 Å². The summed E-state index contributed by atoms with van der Waals surface area (Å²) in [6, 6.07) is 7.17. The number of hydrogen-bond donors (Lipinski definition) is 2. The fourth-order valence-corrected chi connectivity index (χ4v) is 2.20. The fraction of sp³-hybridized carbons (Fsp3) is 0.250. The summed E-state index contributed by atoms with van der Waals surface area (Å²) in [7, 11) is 0. The van der Waals surface area contributed by atoms with Gasteiger partial charge in [-0.25, -0.2) is 5.10 Å². The Morgan fingerprint density at radius 3 is 2.68 bits per heavy atom. The van der Waals surface area contributed by atoms with Crippen LogP contribution in [-0.4, -0.2) is 33.9 Å². The number of β-amino-alcohol motifs (C(OH)–C–C–N with tert-alkyl or cyclic N) is 1. The average Bonchev–Trinajstić information content (AvgIpc) is 2.96. The summed E-state index contributed by atoms with van der Waals surface area (Å²) in [5.41, 5.74) is 1.52. The molecule has 1 fully saturated rings. The van der Waals surface area contributed by atoms with Gasteiger partial charge in [-0.1, -0.05) is 0 Å². The number of hydrogen-bond acceptors (Lipinski definition) is 5. The Balaban J connectivity index is 1.87. The highest BCUT2D eigenvalue weighted by molar-refractivity contribution is 7.71. The van der Waals surface area contributed by atoms with Crippen LogP contribution in [0.1, 0.15) is 6.42 Å². The monoisotopic (exact) mass is 277 g/mol. The van der Waals surface area contributed by atoms with Crippen molar-refractivity contribution in [2.24, 2.45) is 0 Å². The van der Waals surface area contributed by atoms with E-state index >= 15 is 0 Å². The zero-order valence-corrected chi connectivity index (χ0v) is 10.7. The van der Waals surface area contributed by atoms with Crippen LogP contribution < -0.4 is 4.90 Å². The van der Waals surface area contributed by atoms with Gasteiger partial charge in [-0.3, -0.25) is 4.79 Å². The van der Waals surface area contributed by atoms with Crippen molar-refractivity contribution in [2.75, 3.05) is 11.4 Å². The Labute approximate surface area is 113 Å². The molecule has 98 valence electrons. The van der Waals surface area contributed by atoms with E-state index in [0.717, 1.165) is 11.3 Å².